The van der Waals surface area contributed by atoms with Crippen LogP contribution in [-0.4, -0.2) is 53.2 Å². The van der Waals surface area contributed by atoms with Crippen molar-refractivity contribution in [2.45, 2.75) is 44.7 Å². The van der Waals surface area contributed by atoms with Gasteiger partial charge in [-0.2, -0.15) is 0 Å². The lowest BCUT2D eigenvalue weighted by Crippen LogP contribution is -2.53. The number of aliphatic carboxylic acids is 1. The highest BCUT2D eigenvalue weighted by Crippen LogP contribution is 2.44. The van der Waals surface area contributed by atoms with Crippen LogP contribution in [-0.2, 0) is 14.3 Å². The number of hydrogen-bond donors (Lipinski definition) is 2. The molecule has 1 aliphatic carbocycles. The van der Waals surface area contributed by atoms with E-state index < -0.39 is 24.0 Å². The molecule has 3 atom stereocenters. The van der Waals surface area contributed by atoms with Crippen LogP contribution in [0.5, 0.6) is 0 Å². The summed E-state index contributed by atoms with van der Waals surface area (Å²) in [7, 11) is 0. The minimum absolute atomic E-state index is 0.0470. The fraction of sp³-hybridized carbons (Fsp3) is 0.400. The van der Waals surface area contributed by atoms with E-state index in [1.54, 1.807) is 11.8 Å². The fourth-order valence-electron chi connectivity index (χ4n) is 4.85. The number of hydrogen-bond acceptors (Lipinski definition) is 4. The van der Waals surface area contributed by atoms with Gasteiger partial charge in [0, 0.05) is 18.5 Å². The number of nitrogens with zero attached hydrogens (tertiary/aromatic N) is 1. The Kier molecular flexibility index (Phi) is 6.17. The molecular weight excluding hydrogens is 408 g/mol. The van der Waals surface area contributed by atoms with Gasteiger partial charge in [0.05, 0.1) is 5.92 Å². The van der Waals surface area contributed by atoms with Crippen LogP contribution in [0.3, 0.4) is 0 Å². The zero-order valence-electron chi connectivity index (χ0n) is 18.3. The smallest absolute Gasteiger partial charge is 0.407 e. The molecule has 0 bridgehead atoms. The minimum Gasteiger partial charge on any atom is -0.481 e. The molecule has 2 aromatic rings. The second-order valence-electron chi connectivity index (χ2n) is 8.63. The first-order valence-corrected chi connectivity index (χ1v) is 11.0. The molecule has 1 aliphatic heterocycles. The molecule has 2 aliphatic rings. The van der Waals surface area contributed by atoms with Gasteiger partial charge in [0.2, 0.25) is 5.91 Å². The molecule has 168 valence electrons. The van der Waals surface area contributed by atoms with Gasteiger partial charge in [-0.05, 0) is 48.9 Å². The van der Waals surface area contributed by atoms with Gasteiger partial charge in [0.15, 0.2) is 0 Å². The van der Waals surface area contributed by atoms with Crippen LogP contribution in [0.15, 0.2) is 48.5 Å². The highest BCUT2D eigenvalue weighted by molar-refractivity contribution is 5.86. The summed E-state index contributed by atoms with van der Waals surface area (Å²) < 4.78 is 5.52. The monoisotopic (exact) mass is 436 g/mol. The van der Waals surface area contributed by atoms with E-state index in [-0.39, 0.29) is 24.5 Å². The Bertz CT molecular complexity index is 991. The van der Waals surface area contributed by atoms with Gasteiger partial charge in [-0.25, -0.2) is 4.79 Å². The van der Waals surface area contributed by atoms with Crippen LogP contribution in [0.4, 0.5) is 4.79 Å². The number of piperidine rings is 1. The van der Waals surface area contributed by atoms with Crippen LogP contribution in [0.1, 0.15) is 43.7 Å². The zero-order valence-corrected chi connectivity index (χ0v) is 18.3. The minimum atomic E-state index is -0.825. The second-order valence-corrected chi connectivity index (χ2v) is 8.63. The number of ether oxygens (including phenoxy) is 1. The summed E-state index contributed by atoms with van der Waals surface area (Å²) in [4.78, 5) is 38.1. The number of carbonyl (C=O) groups excluding carboxylic acids is 2. The van der Waals surface area contributed by atoms with Crippen molar-refractivity contribution >= 4 is 18.0 Å². The van der Waals surface area contributed by atoms with E-state index in [1.165, 1.54) is 0 Å². The average Bonchev–Trinajstić information content (AvgIpc) is 3.11. The Morgan fingerprint density at radius 1 is 1.09 bits per heavy atom. The van der Waals surface area contributed by atoms with Crippen molar-refractivity contribution in [3.05, 3.63) is 59.7 Å². The Morgan fingerprint density at radius 3 is 2.25 bits per heavy atom. The van der Waals surface area contributed by atoms with Crippen molar-refractivity contribution in [2.75, 3.05) is 13.2 Å². The Hall–Kier alpha value is -3.35. The zero-order chi connectivity index (χ0) is 22.8. The Balaban J connectivity index is 1.34. The SMILES string of the molecule is CC(NC(=O)OCC1c2ccccc2-c2ccccc21)C(=O)N1CC[C@H](C(=O)O)C[C@@H]1C. The first kappa shape index (κ1) is 21.9. The standard InChI is InChI=1S/C25H28N2O5/c1-15-13-17(24(29)30)11-12-27(15)23(28)16(2)26-25(31)32-14-22-20-9-5-3-7-18(20)19-8-4-6-10-21(19)22/h3-10,15-17,22H,11-14H2,1-2H3,(H,26,31)(H,29,30)/t15-,16?,17-/m0/s1. The molecule has 0 spiro atoms. The summed E-state index contributed by atoms with van der Waals surface area (Å²) in [6.45, 7) is 4.02. The lowest BCUT2D eigenvalue weighted by Gasteiger charge is -2.37. The molecular formula is C25H28N2O5. The number of carbonyl (C=O) groups is 3. The molecule has 1 heterocycles. The lowest BCUT2D eigenvalue weighted by atomic mass is 9.91. The molecule has 2 N–H and O–H groups in total. The highest BCUT2D eigenvalue weighted by Gasteiger charge is 2.35. The number of carboxylic acids is 1. The summed E-state index contributed by atoms with van der Waals surface area (Å²) in [5.74, 6) is -1.53. The predicted molar refractivity (Wildman–Crippen MR) is 119 cm³/mol. The third-order valence-corrected chi connectivity index (χ3v) is 6.56. The molecule has 1 saturated heterocycles. The molecule has 32 heavy (non-hydrogen) atoms. The van der Waals surface area contributed by atoms with Gasteiger partial charge in [0.25, 0.3) is 0 Å². The lowest BCUT2D eigenvalue weighted by molar-refractivity contribution is -0.147. The summed E-state index contributed by atoms with van der Waals surface area (Å²) in [5.41, 5.74) is 4.56. The fourth-order valence-corrected chi connectivity index (χ4v) is 4.85. The van der Waals surface area contributed by atoms with Crippen molar-refractivity contribution in [1.29, 1.82) is 0 Å². The number of likely N-dealkylation sites (tertiary alicyclic amines) is 1. The number of amides is 2. The maximum Gasteiger partial charge on any atom is 0.407 e. The normalized spacial score (nSPS) is 20.8. The molecule has 1 unspecified atom stereocenters. The molecule has 2 amide bonds. The van der Waals surface area contributed by atoms with E-state index in [0.717, 1.165) is 22.3 Å². The van der Waals surface area contributed by atoms with E-state index in [0.29, 0.717) is 19.4 Å². The van der Waals surface area contributed by atoms with Crippen molar-refractivity contribution < 1.29 is 24.2 Å². The van der Waals surface area contributed by atoms with E-state index in [4.69, 9.17) is 4.74 Å². The molecule has 7 nitrogen and oxygen atoms in total. The summed E-state index contributed by atoms with van der Waals surface area (Å²) in [6.07, 6.45) is 0.197. The van der Waals surface area contributed by atoms with Crippen LogP contribution in [0.2, 0.25) is 0 Å². The van der Waals surface area contributed by atoms with Gasteiger partial charge in [-0.15, -0.1) is 0 Å². The maximum atomic E-state index is 12.8. The number of alkyl carbamates (subject to hydrolysis) is 1. The van der Waals surface area contributed by atoms with Gasteiger partial charge in [0.1, 0.15) is 12.6 Å². The number of nitrogens with one attached hydrogen (secondary N) is 1. The molecule has 1 fully saturated rings. The topological polar surface area (TPSA) is 95.9 Å². The summed E-state index contributed by atoms with van der Waals surface area (Å²) in [6, 6.07) is 15.3. The summed E-state index contributed by atoms with van der Waals surface area (Å²) in [5, 5.41) is 11.8. The third kappa shape index (κ3) is 4.20. The predicted octanol–water partition coefficient (Wildman–Crippen LogP) is 3.63. The van der Waals surface area contributed by atoms with Crippen LogP contribution < -0.4 is 5.32 Å². The van der Waals surface area contributed by atoms with E-state index in [1.807, 2.05) is 31.2 Å². The highest BCUT2D eigenvalue weighted by atomic mass is 16.5. The van der Waals surface area contributed by atoms with E-state index in [9.17, 15) is 19.5 Å². The number of fused-ring (bicyclic) bond motifs is 3. The first-order chi connectivity index (χ1) is 15.4. The quantitative estimate of drug-likeness (QED) is 0.746. The maximum absolute atomic E-state index is 12.8. The number of benzene rings is 2. The van der Waals surface area contributed by atoms with Gasteiger partial charge in [-0.1, -0.05) is 48.5 Å². The van der Waals surface area contributed by atoms with Crippen LogP contribution in [0, 0.1) is 5.92 Å². The number of rotatable bonds is 5. The molecule has 0 aromatic heterocycles. The molecule has 0 radical (unpaired) electrons. The first-order valence-electron chi connectivity index (χ1n) is 11.0. The van der Waals surface area contributed by atoms with Gasteiger partial charge < -0.3 is 20.1 Å². The van der Waals surface area contributed by atoms with Crippen molar-refractivity contribution in [2.24, 2.45) is 5.92 Å². The van der Waals surface area contributed by atoms with Crippen molar-refractivity contribution in [3.8, 4) is 11.1 Å². The van der Waals surface area contributed by atoms with Crippen LogP contribution in [0.25, 0.3) is 11.1 Å². The molecule has 2 aromatic carbocycles. The third-order valence-electron chi connectivity index (χ3n) is 6.56. The molecule has 4 rings (SSSR count). The van der Waals surface area contributed by atoms with Gasteiger partial charge >= 0.3 is 12.1 Å². The number of carboxylic acid groups (broad SMARTS) is 1. The van der Waals surface area contributed by atoms with Crippen LogP contribution >= 0.6 is 0 Å². The molecule has 7 heteroatoms. The van der Waals surface area contributed by atoms with Crippen molar-refractivity contribution in [1.82, 2.24) is 10.2 Å². The Labute approximate surface area is 187 Å². The second kappa shape index (κ2) is 9.02. The largest absolute Gasteiger partial charge is 0.481 e. The molecule has 0 saturated carbocycles. The Morgan fingerprint density at radius 2 is 1.69 bits per heavy atom. The van der Waals surface area contributed by atoms with E-state index in [2.05, 4.69) is 29.6 Å². The van der Waals surface area contributed by atoms with Gasteiger partial charge in [-0.3, -0.25) is 9.59 Å². The van der Waals surface area contributed by atoms with Crippen molar-refractivity contribution in [3.63, 3.8) is 0 Å². The summed E-state index contributed by atoms with van der Waals surface area (Å²) >= 11 is 0. The average molecular weight is 437 g/mol. The van der Waals surface area contributed by atoms with E-state index >= 15 is 0 Å².